The van der Waals surface area contributed by atoms with Crippen molar-refractivity contribution in [2.45, 2.75) is 38.3 Å². The minimum absolute atomic E-state index is 0. The molecule has 0 aliphatic carbocycles. The van der Waals surface area contributed by atoms with Gasteiger partial charge < -0.3 is 20.2 Å². The van der Waals surface area contributed by atoms with Gasteiger partial charge in [-0.3, -0.25) is 14.6 Å². The molecule has 2 fully saturated rings. The van der Waals surface area contributed by atoms with Crippen LogP contribution in [0.2, 0.25) is 0 Å². The van der Waals surface area contributed by atoms with Gasteiger partial charge in [-0.05, 0) is 59.2 Å². The number of aromatic hydroxyl groups is 1. The van der Waals surface area contributed by atoms with Crippen molar-refractivity contribution in [3.8, 4) is 11.4 Å². The number of urea groups is 1. The number of fused-ring (bicyclic) bond motifs is 2. The maximum atomic E-state index is 14.6. The number of benzene rings is 4. The van der Waals surface area contributed by atoms with E-state index in [9.17, 15) is 23.9 Å². The normalized spacial score (nSPS) is 17.2. The van der Waals surface area contributed by atoms with Gasteiger partial charge in [0.1, 0.15) is 23.8 Å². The number of carbonyl (C=O) groups excluding carboxylic acids is 3. The number of phenols is 1. The first kappa shape index (κ1) is 37.4. The Kier molecular flexibility index (Phi) is 11.0. The van der Waals surface area contributed by atoms with Crippen molar-refractivity contribution in [2.75, 3.05) is 13.1 Å². The summed E-state index contributed by atoms with van der Waals surface area (Å²) in [6.45, 7) is 0.476. The van der Waals surface area contributed by atoms with E-state index < -0.39 is 18.2 Å². The van der Waals surface area contributed by atoms with Crippen LogP contribution in [0.25, 0.3) is 16.6 Å². The molecule has 0 bridgehead atoms. The average Bonchev–Trinajstić information content (AvgIpc) is 3.65. The SMILES string of the molecule is O=C1[C@H](Cc2ccc(O)cc2)N2C(=O)CN(Cc3cnn(-c4ccc(F)cc4)c3)N(C(=O)NCc3ccccc3)[C@H]2CN1Cc1cccc2cccnc12.[W]. The number of aromatic nitrogens is 3. The molecule has 0 saturated carbocycles. The number of hydrazine groups is 1. The maximum Gasteiger partial charge on any atom is 0.334 e. The van der Waals surface area contributed by atoms with Gasteiger partial charge in [-0.1, -0.05) is 66.7 Å². The summed E-state index contributed by atoms with van der Waals surface area (Å²) >= 11 is 0. The summed E-state index contributed by atoms with van der Waals surface area (Å²) in [5.74, 6) is -0.827. The second-order valence-corrected chi connectivity index (χ2v) is 13.5. The second-order valence-electron chi connectivity index (χ2n) is 13.5. The van der Waals surface area contributed by atoms with Crippen molar-refractivity contribution in [3.05, 3.63) is 156 Å². The fraction of sp³-hybridized carbons (Fsp3) is 0.195. The molecule has 0 radical (unpaired) electrons. The zero-order chi connectivity index (χ0) is 37.2. The summed E-state index contributed by atoms with van der Waals surface area (Å²) in [5.41, 5.74) is 4.63. The molecule has 0 unspecified atom stereocenters. The number of pyridine rings is 1. The number of nitrogens with one attached hydrogen (secondary N) is 1. The van der Waals surface area contributed by atoms with Crippen molar-refractivity contribution < 1.29 is 44.9 Å². The van der Waals surface area contributed by atoms with Gasteiger partial charge in [0.15, 0.2) is 0 Å². The Bertz CT molecular complexity index is 2300. The van der Waals surface area contributed by atoms with Crippen molar-refractivity contribution in [3.63, 3.8) is 0 Å². The molecule has 2 N–H and O–H groups in total. The molecule has 2 aliphatic rings. The van der Waals surface area contributed by atoms with Crippen LogP contribution < -0.4 is 5.32 Å². The van der Waals surface area contributed by atoms with Crippen LogP contribution in [0.3, 0.4) is 0 Å². The molecule has 8 rings (SSSR count). The standard InChI is InChI=1S/C41H37FN8O4.W/c42-33-13-15-34(16-14-33)48-24-30(22-45-48)23-47-27-38(52)49-36(20-28-11-17-35(51)18-12-28)40(53)46(25-32-9-4-8-31-10-5-19-43-39(31)32)26-37(49)50(47)41(54)44-21-29-6-2-1-3-7-29;/h1-19,22,24,36-37,51H,20-21,23,25-27H2,(H,44,54);/t36-,37-;/m0./s1. The topological polar surface area (TPSA) is 127 Å². The molecule has 2 saturated heterocycles. The largest absolute Gasteiger partial charge is 0.508 e. The number of amides is 4. The number of phenolic OH excluding ortho intramolecular Hbond substituents is 1. The van der Waals surface area contributed by atoms with Gasteiger partial charge in [0.05, 0.1) is 30.5 Å². The van der Waals surface area contributed by atoms with E-state index in [1.54, 1.807) is 79.5 Å². The van der Waals surface area contributed by atoms with E-state index in [0.29, 0.717) is 11.3 Å². The number of para-hydroxylation sites is 1. The third-order valence-corrected chi connectivity index (χ3v) is 9.86. The van der Waals surface area contributed by atoms with Gasteiger partial charge >= 0.3 is 6.03 Å². The smallest absolute Gasteiger partial charge is 0.334 e. The number of hydrogen-bond acceptors (Lipinski definition) is 7. The van der Waals surface area contributed by atoms with Gasteiger partial charge in [-0.25, -0.2) is 23.9 Å². The summed E-state index contributed by atoms with van der Waals surface area (Å²) in [7, 11) is 0. The Hall–Kier alpha value is -5.91. The number of rotatable bonds is 9. The molecule has 2 atom stereocenters. The van der Waals surface area contributed by atoms with Crippen LogP contribution in [0.5, 0.6) is 5.75 Å². The first-order chi connectivity index (χ1) is 26.3. The molecule has 55 heavy (non-hydrogen) atoms. The predicted octanol–water partition coefficient (Wildman–Crippen LogP) is 5.01. The second kappa shape index (κ2) is 16.2. The van der Waals surface area contributed by atoms with E-state index in [2.05, 4.69) is 15.4 Å². The molecule has 0 spiro atoms. The van der Waals surface area contributed by atoms with Crippen LogP contribution >= 0.6 is 0 Å². The van der Waals surface area contributed by atoms with Gasteiger partial charge in [0.2, 0.25) is 11.8 Å². The zero-order valence-corrected chi connectivity index (χ0v) is 32.5. The van der Waals surface area contributed by atoms with E-state index in [1.807, 2.05) is 60.7 Å². The summed E-state index contributed by atoms with van der Waals surface area (Å²) in [5, 5.41) is 21.7. The van der Waals surface area contributed by atoms with Crippen molar-refractivity contribution in [2.24, 2.45) is 0 Å². The summed E-state index contributed by atoms with van der Waals surface area (Å²) in [6.07, 6.45) is 4.46. The van der Waals surface area contributed by atoms with Crippen LogP contribution in [0.4, 0.5) is 9.18 Å². The van der Waals surface area contributed by atoms with Gasteiger partial charge in [-0.2, -0.15) is 5.10 Å². The van der Waals surface area contributed by atoms with E-state index in [0.717, 1.165) is 27.6 Å². The quantitative estimate of drug-likeness (QED) is 0.209. The summed E-state index contributed by atoms with van der Waals surface area (Å²) < 4.78 is 15.2. The first-order valence-corrected chi connectivity index (χ1v) is 17.7. The van der Waals surface area contributed by atoms with E-state index in [-0.39, 0.29) is 83.6 Å². The Balaban J connectivity index is 0.00000465. The fourth-order valence-electron chi connectivity index (χ4n) is 7.27. The van der Waals surface area contributed by atoms with Crippen LogP contribution in [-0.4, -0.2) is 82.8 Å². The molecular formula is C41H37FN8O4W. The predicted molar refractivity (Wildman–Crippen MR) is 198 cm³/mol. The van der Waals surface area contributed by atoms with Crippen LogP contribution in [0.1, 0.15) is 22.3 Å². The Labute approximate surface area is 331 Å². The van der Waals surface area contributed by atoms with Gasteiger partial charge in [0.25, 0.3) is 0 Å². The maximum absolute atomic E-state index is 14.6. The van der Waals surface area contributed by atoms with Crippen LogP contribution in [-0.2, 0) is 56.7 Å². The van der Waals surface area contributed by atoms with E-state index in [1.165, 1.54) is 12.1 Å². The summed E-state index contributed by atoms with van der Waals surface area (Å²) in [6, 6.07) is 30.3. The number of piperazine rings is 1. The molecule has 6 aromatic rings. The monoisotopic (exact) mass is 908 g/mol. The minimum Gasteiger partial charge on any atom is -0.508 e. The molecule has 4 amide bonds. The Morgan fingerprint density at radius 2 is 1.62 bits per heavy atom. The summed E-state index contributed by atoms with van der Waals surface area (Å²) in [4.78, 5) is 51.2. The fourth-order valence-corrected chi connectivity index (χ4v) is 7.27. The van der Waals surface area contributed by atoms with Crippen molar-refractivity contribution in [1.29, 1.82) is 0 Å². The average molecular weight is 909 g/mol. The molecule has 4 aromatic carbocycles. The number of nitrogens with zero attached hydrogens (tertiary/aromatic N) is 7. The van der Waals surface area contributed by atoms with E-state index >= 15 is 0 Å². The third-order valence-electron chi connectivity index (χ3n) is 9.86. The Morgan fingerprint density at radius 3 is 2.40 bits per heavy atom. The van der Waals surface area contributed by atoms with Crippen LogP contribution in [0.15, 0.2) is 128 Å². The van der Waals surface area contributed by atoms with Crippen LogP contribution in [0, 0.1) is 5.82 Å². The molecule has 12 nitrogen and oxygen atoms in total. The molecular weight excluding hydrogens is 871 g/mol. The van der Waals surface area contributed by atoms with Gasteiger partial charge in [-0.15, -0.1) is 0 Å². The molecule has 2 aromatic heterocycles. The number of hydrogen-bond donors (Lipinski definition) is 2. The third kappa shape index (κ3) is 7.99. The molecule has 2 aliphatic heterocycles. The Morgan fingerprint density at radius 1 is 0.855 bits per heavy atom. The van der Waals surface area contributed by atoms with Crippen molar-refractivity contribution >= 4 is 28.7 Å². The minimum atomic E-state index is -0.934. The zero-order valence-electron chi connectivity index (χ0n) is 29.6. The van der Waals surface area contributed by atoms with E-state index in [4.69, 9.17) is 0 Å². The molecule has 14 heteroatoms. The first-order valence-electron chi connectivity index (χ1n) is 17.7. The van der Waals surface area contributed by atoms with Gasteiger partial charge in [0, 0.05) is 70.5 Å². The molecule has 278 valence electrons. The number of carbonyl (C=O) groups is 3. The molecule has 4 heterocycles. The van der Waals surface area contributed by atoms with Crippen molar-refractivity contribution in [1.82, 2.24) is 39.9 Å². The number of halogens is 1.